The smallest absolute Gasteiger partial charge is 0.337 e. The Morgan fingerprint density at radius 2 is 2.05 bits per heavy atom. The van der Waals surface area contributed by atoms with E-state index in [1.54, 1.807) is 0 Å². The number of carboxylic acid groups (broad SMARTS) is 1. The summed E-state index contributed by atoms with van der Waals surface area (Å²) >= 11 is 5.98. The summed E-state index contributed by atoms with van der Waals surface area (Å²) in [5.74, 6) is -3.16. The summed E-state index contributed by atoms with van der Waals surface area (Å²) in [7, 11) is 0. The first-order chi connectivity index (χ1) is 8.80. The maximum atomic E-state index is 12.9. The fourth-order valence-corrected chi connectivity index (χ4v) is 3.25. The van der Waals surface area contributed by atoms with Crippen LogP contribution < -0.4 is 4.90 Å². The maximum Gasteiger partial charge on any atom is 0.337 e. The average molecular weight is 289 g/mol. The number of nitrogens with zero attached hydrogens (tertiary/aromatic N) is 2. The van der Waals surface area contributed by atoms with Gasteiger partial charge in [-0.3, -0.25) is 0 Å². The molecule has 7 heteroatoms. The SMILES string of the molecule is O=C(O)c1cnc(N2CC3(C2)CC(F)(F)C3)c(Cl)c1. The van der Waals surface area contributed by atoms with Gasteiger partial charge in [0.15, 0.2) is 0 Å². The highest BCUT2D eigenvalue weighted by Crippen LogP contribution is 2.57. The van der Waals surface area contributed by atoms with Crippen molar-refractivity contribution in [2.75, 3.05) is 18.0 Å². The fourth-order valence-electron chi connectivity index (χ4n) is 2.96. The third-order valence-corrected chi connectivity index (χ3v) is 3.97. The van der Waals surface area contributed by atoms with Crippen LogP contribution in [0, 0.1) is 5.41 Å². The molecule has 1 saturated carbocycles. The molecule has 2 aliphatic rings. The van der Waals surface area contributed by atoms with Crippen LogP contribution in [0.25, 0.3) is 0 Å². The summed E-state index contributed by atoms with van der Waals surface area (Å²) in [5, 5.41) is 9.04. The van der Waals surface area contributed by atoms with Crippen LogP contribution in [0.3, 0.4) is 0 Å². The van der Waals surface area contributed by atoms with Crippen molar-refractivity contribution in [1.29, 1.82) is 0 Å². The van der Waals surface area contributed by atoms with Gasteiger partial charge in [-0.25, -0.2) is 18.6 Å². The van der Waals surface area contributed by atoms with Crippen molar-refractivity contribution in [2.24, 2.45) is 5.41 Å². The van der Waals surface area contributed by atoms with Crippen LogP contribution in [0.1, 0.15) is 23.2 Å². The zero-order chi connectivity index (χ0) is 13.8. The zero-order valence-electron chi connectivity index (χ0n) is 9.87. The number of anilines is 1. The summed E-state index contributed by atoms with van der Waals surface area (Å²) in [5.41, 5.74) is -0.292. The van der Waals surface area contributed by atoms with Crippen molar-refractivity contribution in [3.8, 4) is 0 Å². The van der Waals surface area contributed by atoms with Gasteiger partial charge in [0.05, 0.1) is 10.6 Å². The fraction of sp³-hybridized carbons (Fsp3) is 0.500. The lowest BCUT2D eigenvalue weighted by atomic mass is 9.61. The topological polar surface area (TPSA) is 53.4 Å². The molecule has 1 aromatic rings. The molecule has 1 spiro atoms. The number of halogens is 3. The minimum atomic E-state index is -2.53. The molecule has 1 saturated heterocycles. The van der Waals surface area contributed by atoms with E-state index >= 15 is 0 Å². The van der Waals surface area contributed by atoms with Gasteiger partial charge in [-0.1, -0.05) is 11.6 Å². The maximum absolute atomic E-state index is 12.9. The van der Waals surface area contributed by atoms with Gasteiger partial charge in [0, 0.05) is 37.5 Å². The Kier molecular flexibility index (Phi) is 2.51. The molecule has 0 bridgehead atoms. The molecule has 0 radical (unpaired) electrons. The number of rotatable bonds is 2. The highest BCUT2D eigenvalue weighted by Gasteiger charge is 2.62. The summed E-state index contributed by atoms with van der Waals surface area (Å²) in [6, 6.07) is 1.33. The lowest BCUT2D eigenvalue weighted by molar-refractivity contribution is -0.170. The Hall–Kier alpha value is -1.43. The van der Waals surface area contributed by atoms with E-state index in [0.29, 0.717) is 18.9 Å². The summed E-state index contributed by atoms with van der Waals surface area (Å²) in [4.78, 5) is 16.6. The van der Waals surface area contributed by atoms with Crippen molar-refractivity contribution in [3.63, 3.8) is 0 Å². The Bertz CT molecular complexity index is 549. The highest BCUT2D eigenvalue weighted by molar-refractivity contribution is 6.33. The third-order valence-electron chi connectivity index (χ3n) is 3.69. The van der Waals surface area contributed by atoms with Crippen LogP contribution in [0.15, 0.2) is 12.3 Å². The second kappa shape index (κ2) is 3.79. The largest absolute Gasteiger partial charge is 0.478 e. The summed E-state index contributed by atoms with van der Waals surface area (Å²) < 4.78 is 25.8. The minimum Gasteiger partial charge on any atom is -0.478 e. The Balaban J connectivity index is 1.71. The van der Waals surface area contributed by atoms with E-state index in [-0.39, 0.29) is 28.8 Å². The van der Waals surface area contributed by atoms with Crippen molar-refractivity contribution in [3.05, 3.63) is 22.8 Å². The van der Waals surface area contributed by atoms with E-state index in [4.69, 9.17) is 16.7 Å². The molecule has 0 atom stereocenters. The second-order valence-corrected chi connectivity index (χ2v) is 5.81. The number of aromatic nitrogens is 1. The van der Waals surface area contributed by atoms with E-state index in [2.05, 4.69) is 4.98 Å². The van der Waals surface area contributed by atoms with E-state index in [1.165, 1.54) is 12.3 Å². The quantitative estimate of drug-likeness (QED) is 0.909. The molecule has 1 aromatic heterocycles. The predicted molar refractivity (Wildman–Crippen MR) is 65.0 cm³/mol. The molecule has 3 rings (SSSR count). The molecule has 0 unspecified atom stereocenters. The van der Waals surface area contributed by atoms with Crippen LogP contribution in [-0.4, -0.2) is 35.1 Å². The van der Waals surface area contributed by atoms with Crippen molar-refractivity contribution >= 4 is 23.4 Å². The monoisotopic (exact) mass is 288 g/mol. The van der Waals surface area contributed by atoms with Gasteiger partial charge in [-0.2, -0.15) is 0 Å². The van der Waals surface area contributed by atoms with E-state index in [9.17, 15) is 13.6 Å². The number of carboxylic acids is 1. The third kappa shape index (κ3) is 2.04. The molecule has 2 heterocycles. The lowest BCUT2D eigenvalue weighted by Crippen LogP contribution is -2.66. The summed E-state index contributed by atoms with van der Waals surface area (Å²) in [6.07, 6.45) is 1.06. The summed E-state index contributed by atoms with van der Waals surface area (Å²) in [6.45, 7) is 1.00. The molecular formula is C12H11ClF2N2O2. The van der Waals surface area contributed by atoms with Crippen molar-refractivity contribution in [1.82, 2.24) is 4.98 Å². The van der Waals surface area contributed by atoms with Crippen LogP contribution in [0.2, 0.25) is 5.02 Å². The molecule has 0 amide bonds. The number of carbonyl (C=O) groups is 1. The second-order valence-electron chi connectivity index (χ2n) is 5.40. The van der Waals surface area contributed by atoms with Crippen molar-refractivity contribution in [2.45, 2.75) is 18.8 Å². The van der Waals surface area contributed by atoms with Gasteiger partial charge in [0.1, 0.15) is 5.82 Å². The molecule has 1 aliphatic carbocycles. The molecule has 4 nitrogen and oxygen atoms in total. The van der Waals surface area contributed by atoms with E-state index in [1.807, 2.05) is 4.90 Å². The van der Waals surface area contributed by atoms with Gasteiger partial charge < -0.3 is 10.0 Å². The molecule has 1 N–H and O–H groups in total. The van der Waals surface area contributed by atoms with Gasteiger partial charge in [0.25, 0.3) is 0 Å². The van der Waals surface area contributed by atoms with Crippen LogP contribution in [-0.2, 0) is 0 Å². The van der Waals surface area contributed by atoms with Gasteiger partial charge in [-0.05, 0) is 6.07 Å². The highest BCUT2D eigenvalue weighted by atomic mass is 35.5. The number of alkyl halides is 2. The molecule has 102 valence electrons. The first-order valence-electron chi connectivity index (χ1n) is 5.82. The zero-order valence-corrected chi connectivity index (χ0v) is 10.6. The molecule has 1 aliphatic heterocycles. The van der Waals surface area contributed by atoms with Crippen molar-refractivity contribution < 1.29 is 18.7 Å². The van der Waals surface area contributed by atoms with Gasteiger partial charge >= 0.3 is 5.97 Å². The van der Waals surface area contributed by atoms with E-state index in [0.717, 1.165) is 0 Å². The predicted octanol–water partition coefficient (Wildman–Crippen LogP) is 2.67. The Morgan fingerprint density at radius 3 is 2.53 bits per heavy atom. The van der Waals surface area contributed by atoms with Crippen LogP contribution >= 0.6 is 11.6 Å². The standard InChI is InChI=1S/C12H11ClF2N2O2/c13-8-1-7(10(18)19)2-16-9(8)17-5-11(6-17)3-12(14,15)4-11/h1-2H,3-6H2,(H,18,19). The van der Waals surface area contributed by atoms with Crippen LogP contribution in [0.4, 0.5) is 14.6 Å². The minimum absolute atomic E-state index is 0.0131. The Morgan fingerprint density at radius 1 is 1.42 bits per heavy atom. The normalized spacial score (nSPS) is 22.8. The average Bonchev–Trinajstić information content (AvgIpc) is 2.22. The first kappa shape index (κ1) is 12.6. The molecule has 19 heavy (non-hydrogen) atoms. The van der Waals surface area contributed by atoms with E-state index < -0.39 is 11.9 Å². The van der Waals surface area contributed by atoms with Gasteiger partial charge in [-0.15, -0.1) is 0 Å². The number of aromatic carboxylic acids is 1. The Labute approximate surface area is 113 Å². The number of hydrogen-bond donors (Lipinski definition) is 1. The van der Waals surface area contributed by atoms with Crippen LogP contribution in [0.5, 0.6) is 0 Å². The number of pyridine rings is 1. The number of hydrogen-bond acceptors (Lipinski definition) is 3. The molecule has 0 aromatic carbocycles. The lowest BCUT2D eigenvalue weighted by Gasteiger charge is -2.59. The molecular weight excluding hydrogens is 278 g/mol. The van der Waals surface area contributed by atoms with Gasteiger partial charge in [0.2, 0.25) is 5.92 Å². The molecule has 2 fully saturated rings. The first-order valence-corrected chi connectivity index (χ1v) is 6.20.